The maximum absolute atomic E-state index is 12.7. The molecule has 102 valence electrons. The highest BCUT2D eigenvalue weighted by Gasteiger charge is 2.22. The predicted octanol–water partition coefficient (Wildman–Crippen LogP) is 3.39. The number of nitrogens with two attached hydrogens (primary N) is 1. The lowest BCUT2D eigenvalue weighted by molar-refractivity contribution is 0.103. The zero-order valence-corrected chi connectivity index (χ0v) is 12.5. The van der Waals surface area contributed by atoms with Crippen LogP contribution in [0.5, 0.6) is 0 Å². The number of fused-ring (bicyclic) bond motifs is 1. The number of ketones is 1. The van der Waals surface area contributed by atoms with Crippen molar-refractivity contribution in [1.82, 2.24) is 4.40 Å². The number of rotatable bonds is 2. The van der Waals surface area contributed by atoms with Gasteiger partial charge in [0.25, 0.3) is 0 Å². The first kappa shape index (κ1) is 13.4. The zero-order valence-electron chi connectivity index (χ0n) is 10.9. The quantitative estimate of drug-likeness (QED) is 0.727. The van der Waals surface area contributed by atoms with E-state index in [1.165, 1.54) is 0 Å². The van der Waals surface area contributed by atoms with Crippen molar-refractivity contribution in [3.8, 4) is 6.07 Å². The van der Waals surface area contributed by atoms with Crippen LogP contribution in [-0.4, -0.2) is 10.2 Å². The monoisotopic (exact) mass is 339 g/mol. The molecule has 3 rings (SSSR count). The number of nitrogen functional groups attached to an aromatic ring is 1. The third kappa shape index (κ3) is 2.10. The summed E-state index contributed by atoms with van der Waals surface area (Å²) in [5.41, 5.74) is 8.06. The molecule has 1 aromatic carbocycles. The number of aromatic nitrogens is 1. The predicted molar refractivity (Wildman–Crippen MR) is 84.1 cm³/mol. The smallest absolute Gasteiger partial charge is 0.211 e. The maximum Gasteiger partial charge on any atom is 0.211 e. The minimum absolute atomic E-state index is 0.206. The van der Waals surface area contributed by atoms with E-state index >= 15 is 0 Å². The fourth-order valence-electron chi connectivity index (χ4n) is 2.32. The molecule has 0 amide bonds. The standard InChI is InChI=1S/C16H10BrN3O/c17-11-6-4-10(5-7-11)16(21)15-14(19)12(9-18)13-3-1-2-8-20(13)15/h1-8H,19H2. The fourth-order valence-corrected chi connectivity index (χ4v) is 2.58. The van der Waals surface area contributed by atoms with Gasteiger partial charge in [-0.1, -0.05) is 22.0 Å². The molecule has 5 heteroatoms. The van der Waals surface area contributed by atoms with Crippen LogP contribution >= 0.6 is 15.9 Å². The first-order valence-electron chi connectivity index (χ1n) is 6.22. The summed E-state index contributed by atoms with van der Waals surface area (Å²) in [4.78, 5) is 12.7. The van der Waals surface area contributed by atoms with Crippen molar-refractivity contribution in [3.05, 3.63) is 70.0 Å². The molecule has 21 heavy (non-hydrogen) atoms. The van der Waals surface area contributed by atoms with E-state index in [2.05, 4.69) is 22.0 Å². The number of anilines is 1. The number of carbonyl (C=O) groups is 1. The number of hydrogen-bond donors (Lipinski definition) is 1. The highest BCUT2D eigenvalue weighted by atomic mass is 79.9. The van der Waals surface area contributed by atoms with E-state index in [4.69, 9.17) is 5.73 Å². The second-order valence-corrected chi connectivity index (χ2v) is 5.46. The summed E-state index contributed by atoms with van der Waals surface area (Å²) in [7, 11) is 0. The highest BCUT2D eigenvalue weighted by molar-refractivity contribution is 9.10. The summed E-state index contributed by atoms with van der Waals surface area (Å²) in [5.74, 6) is -0.206. The van der Waals surface area contributed by atoms with Gasteiger partial charge in [0.05, 0.1) is 11.2 Å². The molecule has 2 heterocycles. The van der Waals surface area contributed by atoms with E-state index in [0.29, 0.717) is 22.3 Å². The molecule has 2 N–H and O–H groups in total. The lowest BCUT2D eigenvalue weighted by atomic mass is 10.1. The Labute approximate surface area is 129 Å². The number of halogens is 1. The number of carbonyl (C=O) groups excluding carboxylic acids is 1. The van der Waals surface area contributed by atoms with Crippen LogP contribution in [0, 0.1) is 11.3 Å². The summed E-state index contributed by atoms with van der Waals surface area (Å²) < 4.78 is 2.56. The topological polar surface area (TPSA) is 71.3 Å². The fraction of sp³-hybridized carbons (Fsp3) is 0. The van der Waals surface area contributed by atoms with Gasteiger partial charge >= 0.3 is 0 Å². The maximum atomic E-state index is 12.7. The third-order valence-electron chi connectivity index (χ3n) is 3.31. The Morgan fingerprint density at radius 1 is 1.19 bits per heavy atom. The van der Waals surface area contributed by atoms with Crippen molar-refractivity contribution in [2.45, 2.75) is 0 Å². The van der Waals surface area contributed by atoms with Crippen molar-refractivity contribution < 1.29 is 4.79 Å². The van der Waals surface area contributed by atoms with Gasteiger partial charge in [-0.25, -0.2) is 0 Å². The van der Waals surface area contributed by atoms with Crippen molar-refractivity contribution in [1.29, 1.82) is 5.26 Å². The minimum atomic E-state index is -0.206. The van der Waals surface area contributed by atoms with Crippen LogP contribution in [0.1, 0.15) is 21.6 Å². The van der Waals surface area contributed by atoms with Crippen molar-refractivity contribution >= 4 is 32.9 Å². The molecule has 0 atom stereocenters. The van der Waals surface area contributed by atoms with Crippen molar-refractivity contribution in [2.75, 3.05) is 5.73 Å². The molecule has 0 aliphatic heterocycles. The molecule has 0 saturated heterocycles. The number of benzene rings is 1. The van der Waals surface area contributed by atoms with Crippen LogP contribution in [-0.2, 0) is 0 Å². The van der Waals surface area contributed by atoms with Crippen LogP contribution in [0.3, 0.4) is 0 Å². The molecule has 0 radical (unpaired) electrons. The summed E-state index contributed by atoms with van der Waals surface area (Å²) in [6.45, 7) is 0. The van der Waals surface area contributed by atoms with Gasteiger partial charge in [-0.05, 0) is 36.4 Å². The normalized spacial score (nSPS) is 10.5. The van der Waals surface area contributed by atoms with E-state index in [1.54, 1.807) is 47.0 Å². The van der Waals surface area contributed by atoms with Gasteiger partial charge in [-0.2, -0.15) is 5.26 Å². The van der Waals surface area contributed by atoms with Gasteiger partial charge in [-0.3, -0.25) is 4.79 Å². The third-order valence-corrected chi connectivity index (χ3v) is 3.84. The van der Waals surface area contributed by atoms with Gasteiger partial charge in [0, 0.05) is 16.2 Å². The van der Waals surface area contributed by atoms with E-state index in [9.17, 15) is 10.1 Å². The average Bonchev–Trinajstić information content (AvgIpc) is 2.78. The number of hydrogen-bond acceptors (Lipinski definition) is 3. The summed E-state index contributed by atoms with van der Waals surface area (Å²) in [6.07, 6.45) is 1.73. The molecular weight excluding hydrogens is 330 g/mol. The van der Waals surface area contributed by atoms with Gasteiger partial charge < -0.3 is 10.1 Å². The van der Waals surface area contributed by atoms with Gasteiger partial charge in [0.1, 0.15) is 17.3 Å². The van der Waals surface area contributed by atoms with Crippen LogP contribution in [0.4, 0.5) is 5.69 Å². The Hall–Kier alpha value is -2.58. The Balaban J connectivity index is 2.25. The molecule has 0 aliphatic rings. The lowest BCUT2D eigenvalue weighted by Gasteiger charge is -2.03. The Bertz CT molecular complexity index is 888. The second-order valence-electron chi connectivity index (χ2n) is 4.54. The van der Waals surface area contributed by atoms with Crippen molar-refractivity contribution in [3.63, 3.8) is 0 Å². The van der Waals surface area contributed by atoms with Crippen LogP contribution in [0.15, 0.2) is 53.1 Å². The average molecular weight is 340 g/mol. The van der Waals surface area contributed by atoms with E-state index < -0.39 is 0 Å². The Morgan fingerprint density at radius 3 is 2.57 bits per heavy atom. The van der Waals surface area contributed by atoms with Crippen LogP contribution < -0.4 is 5.73 Å². The van der Waals surface area contributed by atoms with Gasteiger partial charge in [-0.15, -0.1) is 0 Å². The largest absolute Gasteiger partial charge is 0.396 e. The highest BCUT2D eigenvalue weighted by Crippen LogP contribution is 2.27. The molecule has 4 nitrogen and oxygen atoms in total. The van der Waals surface area contributed by atoms with E-state index in [1.807, 2.05) is 6.07 Å². The molecule has 0 bridgehead atoms. The lowest BCUT2D eigenvalue weighted by Crippen LogP contribution is -2.07. The van der Waals surface area contributed by atoms with E-state index in [-0.39, 0.29) is 11.5 Å². The molecule has 0 unspecified atom stereocenters. The summed E-state index contributed by atoms with van der Waals surface area (Å²) in [5, 5.41) is 9.26. The first-order valence-corrected chi connectivity index (χ1v) is 7.01. The van der Waals surface area contributed by atoms with Crippen LogP contribution in [0.2, 0.25) is 0 Å². The number of nitrogens with zero attached hydrogens (tertiary/aromatic N) is 2. The molecule has 0 saturated carbocycles. The molecule has 0 aliphatic carbocycles. The SMILES string of the molecule is N#Cc1c(N)c(C(=O)c2ccc(Br)cc2)n2ccccc12. The van der Waals surface area contributed by atoms with E-state index in [0.717, 1.165) is 4.47 Å². The first-order chi connectivity index (χ1) is 10.1. The van der Waals surface area contributed by atoms with Gasteiger partial charge in [0.2, 0.25) is 5.78 Å². The molecule has 2 aromatic heterocycles. The second kappa shape index (κ2) is 5.08. The minimum Gasteiger partial charge on any atom is -0.396 e. The summed E-state index contributed by atoms with van der Waals surface area (Å²) >= 11 is 3.34. The Morgan fingerprint density at radius 2 is 1.90 bits per heavy atom. The van der Waals surface area contributed by atoms with Gasteiger partial charge in [0.15, 0.2) is 0 Å². The number of nitriles is 1. The summed E-state index contributed by atoms with van der Waals surface area (Å²) in [6, 6.07) is 14.5. The van der Waals surface area contributed by atoms with Crippen molar-refractivity contribution in [2.24, 2.45) is 0 Å². The Kier molecular flexibility index (Phi) is 3.24. The van der Waals surface area contributed by atoms with Crippen LogP contribution in [0.25, 0.3) is 5.52 Å². The molecule has 0 spiro atoms. The molecule has 3 aromatic rings. The zero-order chi connectivity index (χ0) is 15.0. The number of pyridine rings is 1. The molecular formula is C16H10BrN3O. The molecule has 0 fully saturated rings.